The van der Waals surface area contributed by atoms with E-state index < -0.39 is 0 Å². The lowest BCUT2D eigenvalue weighted by Gasteiger charge is -2.30. The molecule has 7 heteroatoms. The van der Waals surface area contributed by atoms with Gasteiger partial charge in [-0.05, 0) is 11.6 Å². The van der Waals surface area contributed by atoms with Crippen molar-refractivity contribution in [2.75, 3.05) is 12.0 Å². The van der Waals surface area contributed by atoms with Crippen molar-refractivity contribution in [2.24, 2.45) is 14.1 Å². The van der Waals surface area contributed by atoms with Crippen LogP contribution in [0.3, 0.4) is 0 Å². The predicted molar refractivity (Wildman–Crippen MR) is 78.9 cm³/mol. The van der Waals surface area contributed by atoms with E-state index in [1.807, 2.05) is 18.3 Å². The monoisotopic (exact) mass is 287 g/mol. The Balaban J connectivity index is 1.93. The molecule has 3 rings (SSSR count). The molecule has 0 spiro atoms. The fraction of sp³-hybridized carbons (Fsp3) is 0.357. The van der Waals surface area contributed by atoms with Gasteiger partial charge in [-0.25, -0.2) is 4.79 Å². The van der Waals surface area contributed by atoms with Gasteiger partial charge in [-0.1, -0.05) is 6.07 Å². The highest BCUT2D eigenvalue weighted by atomic mass is 16.2. The van der Waals surface area contributed by atoms with Crippen molar-refractivity contribution >= 4 is 5.82 Å². The Morgan fingerprint density at radius 1 is 1.29 bits per heavy atom. The van der Waals surface area contributed by atoms with Crippen molar-refractivity contribution in [2.45, 2.75) is 13.1 Å². The van der Waals surface area contributed by atoms with Crippen molar-refractivity contribution in [3.05, 3.63) is 56.5 Å². The number of aromatic nitrogens is 3. The molecule has 0 radical (unpaired) electrons. The normalized spacial score (nSPS) is 14.6. The van der Waals surface area contributed by atoms with Crippen LogP contribution in [-0.4, -0.2) is 25.7 Å². The molecule has 0 bridgehead atoms. The van der Waals surface area contributed by atoms with Crippen LogP contribution in [0, 0.1) is 0 Å². The summed E-state index contributed by atoms with van der Waals surface area (Å²) in [6.45, 7) is 1.80. The minimum Gasteiger partial charge on any atom is -0.358 e. The highest BCUT2D eigenvalue weighted by molar-refractivity contribution is 5.45. The predicted octanol–water partition coefficient (Wildman–Crippen LogP) is -0.136. The molecule has 0 fully saturated rings. The molecule has 0 saturated carbocycles. The lowest BCUT2D eigenvalue weighted by molar-refractivity contribution is 0.262. The SMILES string of the molecule is Cn1c2c(c(=O)n(C)c1=O)CN(Cc1cccnc1)CN2. The minimum absolute atomic E-state index is 0.239. The second-order valence-corrected chi connectivity index (χ2v) is 5.22. The summed E-state index contributed by atoms with van der Waals surface area (Å²) in [5, 5.41) is 3.17. The summed E-state index contributed by atoms with van der Waals surface area (Å²) in [4.78, 5) is 30.3. The number of pyridine rings is 1. The van der Waals surface area contributed by atoms with E-state index in [0.29, 0.717) is 31.1 Å². The molecule has 3 heterocycles. The molecule has 0 atom stereocenters. The molecule has 1 N–H and O–H groups in total. The smallest absolute Gasteiger partial charge is 0.332 e. The van der Waals surface area contributed by atoms with Crippen LogP contribution in [0.5, 0.6) is 0 Å². The van der Waals surface area contributed by atoms with E-state index in [-0.39, 0.29) is 11.2 Å². The number of nitrogens with one attached hydrogen (secondary N) is 1. The van der Waals surface area contributed by atoms with Crippen LogP contribution >= 0.6 is 0 Å². The molecule has 110 valence electrons. The van der Waals surface area contributed by atoms with Gasteiger partial charge in [0.2, 0.25) is 0 Å². The Hall–Kier alpha value is -2.41. The molecule has 2 aromatic heterocycles. The first-order chi connectivity index (χ1) is 10.1. The Labute approximate surface area is 121 Å². The summed E-state index contributed by atoms with van der Waals surface area (Å²) in [6, 6.07) is 3.89. The first-order valence-corrected chi connectivity index (χ1v) is 6.72. The first kappa shape index (κ1) is 13.6. The number of anilines is 1. The van der Waals surface area contributed by atoms with Crippen LogP contribution in [0.2, 0.25) is 0 Å². The van der Waals surface area contributed by atoms with E-state index in [0.717, 1.165) is 10.1 Å². The lowest BCUT2D eigenvalue weighted by Crippen LogP contribution is -2.46. The zero-order chi connectivity index (χ0) is 15.0. The van der Waals surface area contributed by atoms with Crippen LogP contribution in [0.15, 0.2) is 34.1 Å². The van der Waals surface area contributed by atoms with Gasteiger partial charge < -0.3 is 5.32 Å². The maximum atomic E-state index is 12.3. The van der Waals surface area contributed by atoms with Crippen LogP contribution in [0.4, 0.5) is 5.82 Å². The molecule has 0 aromatic carbocycles. The van der Waals surface area contributed by atoms with Gasteiger partial charge in [0, 0.05) is 39.6 Å². The number of hydrogen-bond acceptors (Lipinski definition) is 5. The zero-order valence-corrected chi connectivity index (χ0v) is 12.0. The van der Waals surface area contributed by atoms with Crippen molar-refractivity contribution < 1.29 is 0 Å². The van der Waals surface area contributed by atoms with E-state index in [1.54, 1.807) is 13.2 Å². The molecule has 2 aromatic rings. The summed E-state index contributed by atoms with van der Waals surface area (Å²) in [5.41, 5.74) is 1.16. The average molecular weight is 287 g/mol. The highest BCUT2D eigenvalue weighted by Crippen LogP contribution is 2.18. The molecule has 7 nitrogen and oxygen atoms in total. The Kier molecular flexibility index (Phi) is 3.34. The molecule has 21 heavy (non-hydrogen) atoms. The summed E-state index contributed by atoms with van der Waals surface area (Å²) < 4.78 is 2.63. The van der Waals surface area contributed by atoms with Gasteiger partial charge in [-0.3, -0.25) is 23.8 Å². The van der Waals surface area contributed by atoms with E-state index in [9.17, 15) is 9.59 Å². The molecule has 0 unspecified atom stereocenters. The summed E-state index contributed by atoms with van der Waals surface area (Å²) >= 11 is 0. The third-order valence-electron chi connectivity index (χ3n) is 3.74. The maximum absolute atomic E-state index is 12.3. The number of nitrogens with zero attached hydrogens (tertiary/aromatic N) is 4. The van der Waals surface area contributed by atoms with Crippen LogP contribution in [0.25, 0.3) is 0 Å². The van der Waals surface area contributed by atoms with Gasteiger partial charge in [-0.2, -0.15) is 0 Å². The average Bonchev–Trinajstić information content (AvgIpc) is 2.52. The molecule has 1 aliphatic rings. The van der Waals surface area contributed by atoms with Crippen molar-refractivity contribution in [1.82, 2.24) is 19.0 Å². The van der Waals surface area contributed by atoms with Crippen molar-refractivity contribution in [3.8, 4) is 0 Å². The molecule has 0 saturated heterocycles. The number of fused-ring (bicyclic) bond motifs is 1. The minimum atomic E-state index is -0.313. The summed E-state index contributed by atoms with van der Waals surface area (Å²) in [6.07, 6.45) is 3.55. The van der Waals surface area contributed by atoms with Gasteiger partial charge >= 0.3 is 5.69 Å². The third-order valence-corrected chi connectivity index (χ3v) is 3.74. The third kappa shape index (κ3) is 2.36. The summed E-state index contributed by atoms with van der Waals surface area (Å²) in [5.74, 6) is 0.616. The van der Waals surface area contributed by atoms with Crippen molar-refractivity contribution in [3.63, 3.8) is 0 Å². The zero-order valence-electron chi connectivity index (χ0n) is 12.0. The van der Waals surface area contributed by atoms with Crippen LogP contribution in [-0.2, 0) is 27.2 Å². The quantitative estimate of drug-likeness (QED) is 0.832. The van der Waals surface area contributed by atoms with E-state index >= 15 is 0 Å². The van der Waals surface area contributed by atoms with Crippen molar-refractivity contribution in [1.29, 1.82) is 0 Å². The standard InChI is InChI=1S/C14H17N5O2/c1-17-12-11(13(20)18(2)14(17)21)8-19(9-16-12)7-10-4-3-5-15-6-10/h3-6,16H,7-9H2,1-2H3. The Morgan fingerprint density at radius 3 is 2.81 bits per heavy atom. The molecule has 1 aliphatic heterocycles. The van der Waals surface area contributed by atoms with Gasteiger partial charge in [-0.15, -0.1) is 0 Å². The maximum Gasteiger partial charge on any atom is 0.332 e. The fourth-order valence-corrected chi connectivity index (χ4v) is 2.61. The summed E-state index contributed by atoms with van der Waals surface area (Å²) in [7, 11) is 3.18. The molecular weight excluding hydrogens is 270 g/mol. The fourth-order valence-electron chi connectivity index (χ4n) is 2.61. The van der Waals surface area contributed by atoms with E-state index in [1.165, 1.54) is 11.6 Å². The van der Waals surface area contributed by atoms with Gasteiger partial charge in [0.25, 0.3) is 5.56 Å². The first-order valence-electron chi connectivity index (χ1n) is 6.72. The Bertz CT molecular complexity index is 778. The lowest BCUT2D eigenvalue weighted by atomic mass is 10.2. The molecule has 0 aliphatic carbocycles. The molecule has 0 amide bonds. The van der Waals surface area contributed by atoms with Gasteiger partial charge in [0.05, 0.1) is 12.2 Å². The number of rotatable bonds is 2. The van der Waals surface area contributed by atoms with E-state index in [4.69, 9.17) is 0 Å². The largest absolute Gasteiger partial charge is 0.358 e. The number of hydrogen-bond donors (Lipinski definition) is 1. The topological polar surface area (TPSA) is 72.2 Å². The molecular formula is C14H17N5O2. The Morgan fingerprint density at radius 2 is 2.10 bits per heavy atom. The van der Waals surface area contributed by atoms with E-state index in [2.05, 4.69) is 15.2 Å². The van der Waals surface area contributed by atoms with Crippen LogP contribution < -0.4 is 16.6 Å². The second-order valence-electron chi connectivity index (χ2n) is 5.22. The second kappa shape index (κ2) is 5.17. The van der Waals surface area contributed by atoms with Gasteiger partial charge in [0.1, 0.15) is 5.82 Å². The van der Waals surface area contributed by atoms with Gasteiger partial charge in [0.15, 0.2) is 0 Å². The highest BCUT2D eigenvalue weighted by Gasteiger charge is 2.22. The van der Waals surface area contributed by atoms with Crippen LogP contribution in [0.1, 0.15) is 11.1 Å².